The number of hydrogen-bond acceptors (Lipinski definition) is 5. The van der Waals surface area contributed by atoms with Crippen LogP contribution in [-0.2, 0) is 16.1 Å². The summed E-state index contributed by atoms with van der Waals surface area (Å²) >= 11 is 0. The number of benzene rings is 1. The molecule has 2 atom stereocenters. The van der Waals surface area contributed by atoms with Gasteiger partial charge < -0.3 is 20.3 Å². The third-order valence-corrected chi connectivity index (χ3v) is 6.43. The van der Waals surface area contributed by atoms with Crippen LogP contribution >= 0.6 is 0 Å². The number of carboxylic acids is 1. The molecule has 1 aromatic carbocycles. The number of nitrogens with one attached hydrogen (secondary N) is 1. The summed E-state index contributed by atoms with van der Waals surface area (Å²) in [4.78, 5) is 38.8. The first kappa shape index (κ1) is 20.8. The van der Waals surface area contributed by atoms with Crippen molar-refractivity contribution in [2.24, 2.45) is 5.92 Å². The molecular formula is C21H28N4O5. The number of aliphatic carboxylic acids is 1. The minimum absolute atomic E-state index is 0.145. The van der Waals surface area contributed by atoms with Crippen molar-refractivity contribution in [3.05, 3.63) is 40.0 Å². The Kier molecular flexibility index (Phi) is 6.03. The predicted octanol–water partition coefficient (Wildman–Crippen LogP) is 0.234. The number of carbonyl (C=O) groups is 2. The van der Waals surface area contributed by atoms with Gasteiger partial charge in [0.1, 0.15) is 0 Å². The van der Waals surface area contributed by atoms with Gasteiger partial charge in [0.25, 0.3) is 0 Å². The number of carboxylic acid groups (broad SMARTS) is 1. The molecule has 2 aromatic rings. The monoisotopic (exact) mass is 416 g/mol. The third-order valence-electron chi connectivity index (χ3n) is 6.43. The van der Waals surface area contributed by atoms with E-state index in [-0.39, 0.29) is 23.7 Å². The van der Waals surface area contributed by atoms with Crippen molar-refractivity contribution in [2.75, 3.05) is 26.2 Å². The normalized spacial score (nSPS) is 23.8. The number of carbonyl (C=O) groups excluding carboxylic acids is 1. The van der Waals surface area contributed by atoms with Crippen LogP contribution in [0.3, 0.4) is 0 Å². The Bertz CT molecular complexity index is 989. The molecule has 2 saturated heterocycles. The summed E-state index contributed by atoms with van der Waals surface area (Å²) in [5.74, 6) is -0.933. The smallest absolute Gasteiger partial charge is 0.335 e. The van der Waals surface area contributed by atoms with Gasteiger partial charge in [-0.2, -0.15) is 0 Å². The maximum absolute atomic E-state index is 13.3. The Morgan fingerprint density at radius 1 is 1.13 bits per heavy atom. The molecule has 0 bridgehead atoms. The zero-order chi connectivity index (χ0) is 21.3. The Balaban J connectivity index is 1.56. The number of imidazole rings is 1. The van der Waals surface area contributed by atoms with Gasteiger partial charge in [-0.15, -0.1) is 0 Å². The highest BCUT2D eigenvalue weighted by molar-refractivity contribution is 5.80. The van der Waals surface area contributed by atoms with Gasteiger partial charge in [0.15, 0.2) is 6.04 Å². The minimum atomic E-state index is -0.785. The van der Waals surface area contributed by atoms with E-state index < -0.39 is 17.9 Å². The Morgan fingerprint density at radius 3 is 2.53 bits per heavy atom. The zero-order valence-electron chi connectivity index (χ0n) is 17.0. The van der Waals surface area contributed by atoms with Crippen molar-refractivity contribution in [2.45, 2.75) is 44.7 Å². The van der Waals surface area contributed by atoms with E-state index in [2.05, 4.69) is 4.90 Å². The summed E-state index contributed by atoms with van der Waals surface area (Å²) in [6.07, 6.45) is 3.07. The highest BCUT2D eigenvalue weighted by Gasteiger charge is 2.34. The summed E-state index contributed by atoms with van der Waals surface area (Å²) in [7, 11) is 0. The van der Waals surface area contributed by atoms with Crippen LogP contribution in [0, 0.1) is 11.1 Å². The van der Waals surface area contributed by atoms with Crippen molar-refractivity contribution in [1.82, 2.24) is 14.0 Å². The standard InChI is InChI=1S/C21H28N4O5/c26-19(27)9-13-22-11-7-15(8-12-22)14-23-16-4-1-2-5-17(16)25(21(23)29)18-6-3-10-24(30)20(18)28/h1-2,4-5,15,18,24H,3,6-14H2,(H,26,27). The number of hydrogen-bond donors (Lipinski definition) is 2. The average Bonchev–Trinajstić information content (AvgIpc) is 3.01. The van der Waals surface area contributed by atoms with Gasteiger partial charge in [0, 0.05) is 13.1 Å². The number of nitrogens with zero attached hydrogens (tertiary/aromatic N) is 3. The van der Waals surface area contributed by atoms with Crippen molar-refractivity contribution in [3.63, 3.8) is 0 Å². The van der Waals surface area contributed by atoms with E-state index in [4.69, 9.17) is 5.11 Å². The third kappa shape index (κ3) is 4.05. The van der Waals surface area contributed by atoms with Crippen molar-refractivity contribution < 1.29 is 19.8 Å². The Labute approximate surface area is 174 Å². The first-order chi connectivity index (χ1) is 14.5. The van der Waals surface area contributed by atoms with Gasteiger partial charge in [-0.05, 0) is 56.8 Å². The predicted molar refractivity (Wildman–Crippen MR) is 110 cm³/mol. The summed E-state index contributed by atoms with van der Waals surface area (Å²) in [5.41, 5.74) is 1.27. The largest absolute Gasteiger partial charge is 0.627 e. The molecule has 0 radical (unpaired) electrons. The highest BCUT2D eigenvalue weighted by Crippen LogP contribution is 2.24. The minimum Gasteiger partial charge on any atom is -0.627 e. The Hall–Kier alpha value is -2.49. The Morgan fingerprint density at radius 2 is 1.83 bits per heavy atom. The maximum Gasteiger partial charge on any atom is 0.335 e. The molecule has 0 aliphatic carbocycles. The number of piperidine rings is 2. The molecule has 2 N–H and O–H groups in total. The van der Waals surface area contributed by atoms with E-state index in [1.165, 1.54) is 4.57 Å². The van der Waals surface area contributed by atoms with Crippen LogP contribution in [-0.4, -0.2) is 57.2 Å². The molecule has 1 aromatic heterocycles. The number of quaternary nitrogens is 1. The van der Waals surface area contributed by atoms with Crippen LogP contribution in [0.25, 0.3) is 11.0 Å². The van der Waals surface area contributed by atoms with E-state index >= 15 is 0 Å². The molecule has 0 saturated carbocycles. The molecule has 2 fully saturated rings. The van der Waals surface area contributed by atoms with E-state index in [1.807, 2.05) is 24.3 Å². The fraction of sp³-hybridized carbons (Fsp3) is 0.571. The molecule has 3 heterocycles. The fourth-order valence-electron chi connectivity index (χ4n) is 4.76. The molecule has 1 amide bonds. The van der Waals surface area contributed by atoms with Crippen LogP contribution in [0.5, 0.6) is 0 Å². The number of hydroxylamine groups is 2. The lowest BCUT2D eigenvalue weighted by molar-refractivity contribution is -0.771. The molecule has 9 heteroatoms. The molecule has 30 heavy (non-hydrogen) atoms. The van der Waals surface area contributed by atoms with E-state index in [0.29, 0.717) is 37.4 Å². The van der Waals surface area contributed by atoms with Crippen LogP contribution < -0.4 is 10.8 Å². The SMILES string of the molecule is O=C(O)CCN1CCC(Cn2c(=O)n(C3CCC[NH+]([O-])C3=O)c3ccccc32)CC1. The summed E-state index contributed by atoms with van der Waals surface area (Å²) in [6, 6.07) is 6.75. The van der Waals surface area contributed by atoms with Crippen LogP contribution in [0.15, 0.2) is 29.1 Å². The lowest BCUT2D eigenvalue weighted by Gasteiger charge is -2.31. The van der Waals surface area contributed by atoms with Crippen LogP contribution in [0.1, 0.15) is 38.1 Å². The van der Waals surface area contributed by atoms with E-state index in [0.717, 1.165) is 31.4 Å². The zero-order valence-corrected chi connectivity index (χ0v) is 17.0. The first-order valence-electron chi connectivity index (χ1n) is 10.7. The topological polar surface area (TPSA) is 112 Å². The second-order valence-electron chi connectivity index (χ2n) is 8.38. The molecule has 9 nitrogen and oxygen atoms in total. The molecule has 162 valence electrons. The van der Waals surface area contributed by atoms with Gasteiger partial charge in [0.05, 0.1) is 24.0 Å². The number of likely N-dealkylation sites (tertiary alicyclic amines) is 1. The number of rotatable bonds is 6. The number of fused-ring (bicyclic) bond motifs is 1. The molecule has 2 aliphatic heterocycles. The van der Waals surface area contributed by atoms with Gasteiger partial charge in [-0.25, -0.2) is 9.59 Å². The van der Waals surface area contributed by atoms with Crippen molar-refractivity contribution >= 4 is 22.9 Å². The summed E-state index contributed by atoms with van der Waals surface area (Å²) in [5, 5.41) is 20.4. The van der Waals surface area contributed by atoms with Gasteiger partial charge in [-0.1, -0.05) is 12.1 Å². The summed E-state index contributed by atoms with van der Waals surface area (Å²) < 4.78 is 3.27. The maximum atomic E-state index is 13.3. The molecule has 2 unspecified atom stereocenters. The quantitative estimate of drug-likeness (QED) is 0.652. The van der Waals surface area contributed by atoms with E-state index in [9.17, 15) is 19.6 Å². The number of para-hydroxylation sites is 2. The van der Waals surface area contributed by atoms with Crippen molar-refractivity contribution in [3.8, 4) is 0 Å². The average molecular weight is 416 g/mol. The molecule has 0 spiro atoms. The van der Waals surface area contributed by atoms with Gasteiger partial charge in [-0.3, -0.25) is 13.9 Å². The number of aromatic nitrogens is 2. The molecule has 2 aliphatic rings. The van der Waals surface area contributed by atoms with Crippen LogP contribution in [0.2, 0.25) is 0 Å². The molecule has 4 rings (SSSR count). The van der Waals surface area contributed by atoms with Crippen molar-refractivity contribution in [1.29, 1.82) is 0 Å². The fourth-order valence-corrected chi connectivity index (χ4v) is 4.76. The lowest BCUT2D eigenvalue weighted by Crippen LogP contribution is -3.11. The van der Waals surface area contributed by atoms with Gasteiger partial charge in [0.2, 0.25) is 0 Å². The summed E-state index contributed by atoms with van der Waals surface area (Å²) in [6.45, 7) is 3.03. The van der Waals surface area contributed by atoms with Gasteiger partial charge >= 0.3 is 17.6 Å². The number of amides is 1. The second kappa shape index (κ2) is 8.71. The van der Waals surface area contributed by atoms with E-state index in [1.54, 1.807) is 4.57 Å². The lowest BCUT2D eigenvalue weighted by atomic mass is 9.96. The molecular weight excluding hydrogens is 388 g/mol. The second-order valence-corrected chi connectivity index (χ2v) is 8.38. The first-order valence-corrected chi connectivity index (χ1v) is 10.7. The van der Waals surface area contributed by atoms with Crippen LogP contribution in [0.4, 0.5) is 0 Å². The highest BCUT2D eigenvalue weighted by atomic mass is 16.5.